The Kier molecular flexibility index (Phi) is 3.92. The fourth-order valence-corrected chi connectivity index (χ4v) is 2.67. The van der Waals surface area contributed by atoms with Gasteiger partial charge in [-0.3, -0.25) is 0 Å². The second-order valence-electron chi connectivity index (χ2n) is 5.18. The van der Waals surface area contributed by atoms with Crippen LogP contribution in [0.2, 0.25) is 0 Å². The average Bonchev–Trinajstić information content (AvgIpc) is 2.83. The normalized spacial score (nSPS) is 11.1. The molecule has 1 heterocycles. The van der Waals surface area contributed by atoms with E-state index in [4.69, 9.17) is 5.26 Å². The summed E-state index contributed by atoms with van der Waals surface area (Å²) in [5.74, 6) is 0. The van der Waals surface area contributed by atoms with Crippen LogP contribution in [0.4, 0.5) is 5.69 Å². The maximum absolute atomic E-state index is 9.11. The van der Waals surface area contributed by atoms with Crippen molar-refractivity contribution < 1.29 is 0 Å². The molecule has 0 atom stereocenters. The molecule has 0 fully saturated rings. The summed E-state index contributed by atoms with van der Waals surface area (Å²) in [7, 11) is 0. The molecule has 1 aromatic heterocycles. The van der Waals surface area contributed by atoms with Gasteiger partial charge in [-0.2, -0.15) is 5.26 Å². The zero-order valence-electron chi connectivity index (χ0n) is 11.5. The Labute approximate surface area is 118 Å². The van der Waals surface area contributed by atoms with Crippen molar-refractivity contribution in [2.45, 2.75) is 32.7 Å². The van der Waals surface area contributed by atoms with E-state index in [0.717, 1.165) is 17.8 Å². The Balaban J connectivity index is 2.02. The molecule has 0 radical (unpaired) electrons. The van der Waals surface area contributed by atoms with E-state index >= 15 is 0 Å². The highest BCUT2D eigenvalue weighted by Gasteiger charge is 2.18. The van der Waals surface area contributed by atoms with Gasteiger partial charge in [-0.1, -0.05) is 12.1 Å². The van der Waals surface area contributed by atoms with Gasteiger partial charge in [0.2, 0.25) is 0 Å². The first kappa shape index (κ1) is 13.6. The van der Waals surface area contributed by atoms with Crippen molar-refractivity contribution in [3.63, 3.8) is 0 Å². The minimum absolute atomic E-state index is 0.427. The molecule has 0 aliphatic carbocycles. The number of benzene rings is 1. The molecular weight excluding hydrogens is 252 g/mol. The van der Waals surface area contributed by atoms with Crippen molar-refractivity contribution in [2.75, 3.05) is 5.32 Å². The third kappa shape index (κ3) is 3.36. The number of anilines is 1. The maximum atomic E-state index is 9.11. The third-order valence-electron chi connectivity index (χ3n) is 3.15. The summed E-state index contributed by atoms with van der Waals surface area (Å²) < 4.78 is 0. The van der Waals surface area contributed by atoms with E-state index in [-0.39, 0.29) is 0 Å². The molecule has 0 saturated heterocycles. The lowest BCUT2D eigenvalue weighted by Crippen LogP contribution is -2.13. The lowest BCUT2D eigenvalue weighted by molar-refractivity contribution is 0.687. The number of hydrogen-bond acceptors (Lipinski definition) is 3. The zero-order chi connectivity index (χ0) is 13.9. The standard InChI is InChI=1S/C16H18N2S/c1-12-4-9-15(19-12)10-18-14-7-5-13(6-8-14)16(2,3)11-17/h4-9,18H,10H2,1-3H3. The molecular formula is C16H18N2S. The van der Waals surface area contributed by atoms with Gasteiger partial charge in [0.05, 0.1) is 11.5 Å². The van der Waals surface area contributed by atoms with Crippen LogP contribution in [0.5, 0.6) is 0 Å². The third-order valence-corrected chi connectivity index (χ3v) is 4.15. The molecule has 0 amide bonds. The molecule has 3 heteroatoms. The van der Waals surface area contributed by atoms with Gasteiger partial charge < -0.3 is 5.32 Å². The topological polar surface area (TPSA) is 35.8 Å². The summed E-state index contributed by atoms with van der Waals surface area (Å²) in [6.45, 7) is 6.83. The highest BCUT2D eigenvalue weighted by molar-refractivity contribution is 7.11. The molecule has 2 aromatic rings. The van der Waals surface area contributed by atoms with Crippen molar-refractivity contribution >= 4 is 17.0 Å². The van der Waals surface area contributed by atoms with Crippen molar-refractivity contribution in [3.8, 4) is 6.07 Å². The highest BCUT2D eigenvalue weighted by atomic mass is 32.1. The van der Waals surface area contributed by atoms with E-state index in [1.165, 1.54) is 9.75 Å². The monoisotopic (exact) mass is 270 g/mol. The van der Waals surface area contributed by atoms with E-state index in [9.17, 15) is 0 Å². The Morgan fingerprint density at radius 1 is 1.16 bits per heavy atom. The lowest BCUT2D eigenvalue weighted by Gasteiger charge is -2.16. The zero-order valence-corrected chi connectivity index (χ0v) is 12.3. The van der Waals surface area contributed by atoms with Crippen molar-refractivity contribution in [1.82, 2.24) is 0 Å². The van der Waals surface area contributed by atoms with Crippen LogP contribution in [0.25, 0.3) is 0 Å². The van der Waals surface area contributed by atoms with Gasteiger partial charge in [-0.15, -0.1) is 11.3 Å². The molecule has 2 nitrogen and oxygen atoms in total. The van der Waals surface area contributed by atoms with E-state index in [0.29, 0.717) is 0 Å². The molecule has 0 saturated carbocycles. The van der Waals surface area contributed by atoms with E-state index < -0.39 is 5.41 Å². The molecule has 1 N–H and O–H groups in total. The summed E-state index contributed by atoms with van der Waals surface area (Å²) in [6, 6.07) is 14.7. The number of aryl methyl sites for hydroxylation is 1. The molecule has 0 bridgehead atoms. The maximum Gasteiger partial charge on any atom is 0.0766 e. The second-order valence-corrected chi connectivity index (χ2v) is 6.55. The van der Waals surface area contributed by atoms with Crippen LogP contribution in [0.1, 0.15) is 29.2 Å². The molecule has 0 unspecified atom stereocenters. The fourth-order valence-electron chi connectivity index (χ4n) is 1.84. The Morgan fingerprint density at radius 2 is 1.84 bits per heavy atom. The fraction of sp³-hybridized carbons (Fsp3) is 0.312. The minimum atomic E-state index is -0.427. The number of nitrogens with one attached hydrogen (secondary N) is 1. The molecule has 19 heavy (non-hydrogen) atoms. The van der Waals surface area contributed by atoms with Gasteiger partial charge in [0.1, 0.15) is 0 Å². The summed E-state index contributed by atoms with van der Waals surface area (Å²) in [5, 5.41) is 12.5. The second kappa shape index (κ2) is 5.46. The van der Waals surface area contributed by atoms with Crippen LogP contribution in [-0.4, -0.2) is 0 Å². The minimum Gasteiger partial charge on any atom is -0.380 e. The SMILES string of the molecule is Cc1ccc(CNc2ccc(C(C)(C)C#N)cc2)s1. The number of hydrogen-bond donors (Lipinski definition) is 1. The number of rotatable bonds is 4. The predicted molar refractivity (Wildman–Crippen MR) is 81.5 cm³/mol. The molecule has 98 valence electrons. The molecule has 0 aliphatic rings. The van der Waals surface area contributed by atoms with E-state index in [2.05, 4.69) is 30.4 Å². The van der Waals surface area contributed by atoms with Crippen LogP contribution < -0.4 is 5.32 Å². The summed E-state index contributed by atoms with van der Waals surface area (Å²) in [5.41, 5.74) is 1.71. The molecule has 1 aromatic carbocycles. The van der Waals surface area contributed by atoms with Crippen LogP contribution in [0.3, 0.4) is 0 Å². The van der Waals surface area contributed by atoms with Crippen LogP contribution in [0.15, 0.2) is 36.4 Å². The van der Waals surface area contributed by atoms with Crippen molar-refractivity contribution in [2.24, 2.45) is 0 Å². The summed E-state index contributed by atoms with van der Waals surface area (Å²) in [6.07, 6.45) is 0. The number of thiophene rings is 1. The van der Waals surface area contributed by atoms with Gasteiger partial charge in [0.15, 0.2) is 0 Å². The lowest BCUT2D eigenvalue weighted by atomic mass is 9.86. The first-order valence-corrected chi connectivity index (χ1v) is 7.14. The number of nitriles is 1. The highest BCUT2D eigenvalue weighted by Crippen LogP contribution is 2.24. The van der Waals surface area contributed by atoms with Gasteiger partial charge in [-0.05, 0) is 50.6 Å². The molecule has 0 spiro atoms. The van der Waals surface area contributed by atoms with Gasteiger partial charge in [-0.25, -0.2) is 0 Å². The quantitative estimate of drug-likeness (QED) is 0.889. The smallest absolute Gasteiger partial charge is 0.0766 e. The van der Waals surface area contributed by atoms with Crippen molar-refractivity contribution in [3.05, 3.63) is 51.7 Å². The van der Waals surface area contributed by atoms with Crippen LogP contribution in [-0.2, 0) is 12.0 Å². The Bertz CT molecular complexity index is 588. The molecule has 0 aliphatic heterocycles. The van der Waals surface area contributed by atoms with Gasteiger partial charge in [0.25, 0.3) is 0 Å². The van der Waals surface area contributed by atoms with E-state index in [1.54, 1.807) is 0 Å². The Hall–Kier alpha value is -1.79. The predicted octanol–water partition coefficient (Wildman–Crippen LogP) is 4.47. The average molecular weight is 270 g/mol. The van der Waals surface area contributed by atoms with Crippen molar-refractivity contribution in [1.29, 1.82) is 5.26 Å². The summed E-state index contributed by atoms with van der Waals surface area (Å²) >= 11 is 1.81. The van der Waals surface area contributed by atoms with Crippen LogP contribution >= 0.6 is 11.3 Å². The van der Waals surface area contributed by atoms with Gasteiger partial charge >= 0.3 is 0 Å². The van der Waals surface area contributed by atoms with Crippen LogP contribution in [0, 0.1) is 18.3 Å². The van der Waals surface area contributed by atoms with E-state index in [1.807, 2.05) is 49.4 Å². The molecule has 2 rings (SSSR count). The Morgan fingerprint density at radius 3 is 2.37 bits per heavy atom. The number of nitrogens with zero attached hydrogens (tertiary/aromatic N) is 1. The summed E-state index contributed by atoms with van der Waals surface area (Å²) in [4.78, 5) is 2.67. The first-order chi connectivity index (χ1) is 9.01. The van der Waals surface area contributed by atoms with Gasteiger partial charge in [0, 0.05) is 22.0 Å². The first-order valence-electron chi connectivity index (χ1n) is 6.32. The largest absolute Gasteiger partial charge is 0.380 e.